The molecule has 0 aromatic carbocycles. The van der Waals surface area contributed by atoms with Crippen LogP contribution in [-0.4, -0.2) is 55.5 Å². The molecule has 2 aliphatic heterocycles. The van der Waals surface area contributed by atoms with Crippen LogP contribution in [0.5, 0.6) is 0 Å². The van der Waals surface area contributed by atoms with Crippen LogP contribution in [0.2, 0.25) is 0 Å². The van der Waals surface area contributed by atoms with Crippen molar-refractivity contribution in [2.24, 2.45) is 0 Å². The van der Waals surface area contributed by atoms with E-state index in [0.29, 0.717) is 6.61 Å². The SMILES string of the molecule is Cc1cccc(CO[C@@H]2CSC3(C2)CN(C(=O)c2ncccn2)C3)n1. The quantitative estimate of drug-likeness (QED) is 0.836. The van der Waals surface area contributed by atoms with Gasteiger partial charge in [-0.05, 0) is 31.5 Å². The molecule has 0 radical (unpaired) electrons. The summed E-state index contributed by atoms with van der Waals surface area (Å²) in [7, 11) is 0. The Labute approximate surface area is 151 Å². The van der Waals surface area contributed by atoms with Gasteiger partial charge in [0.15, 0.2) is 0 Å². The van der Waals surface area contributed by atoms with E-state index in [-0.39, 0.29) is 22.6 Å². The second-order valence-corrected chi connectivity index (χ2v) is 8.12. The van der Waals surface area contributed by atoms with Crippen molar-refractivity contribution in [3.05, 3.63) is 53.9 Å². The molecule has 0 unspecified atom stereocenters. The fourth-order valence-corrected chi connectivity index (χ4v) is 4.91. The lowest BCUT2D eigenvalue weighted by Crippen LogP contribution is -2.61. The maximum absolute atomic E-state index is 12.3. The molecule has 2 aromatic rings. The average Bonchev–Trinajstić information content (AvgIpc) is 3.04. The number of amides is 1. The van der Waals surface area contributed by atoms with Crippen molar-refractivity contribution in [2.75, 3.05) is 18.8 Å². The molecule has 1 atom stereocenters. The van der Waals surface area contributed by atoms with Crippen molar-refractivity contribution in [3.8, 4) is 0 Å². The van der Waals surface area contributed by atoms with E-state index in [1.807, 2.05) is 41.8 Å². The molecule has 0 saturated carbocycles. The van der Waals surface area contributed by atoms with Crippen LogP contribution in [0.1, 0.15) is 28.4 Å². The van der Waals surface area contributed by atoms with Gasteiger partial charge >= 0.3 is 0 Å². The van der Waals surface area contributed by atoms with Crippen LogP contribution in [0.4, 0.5) is 0 Å². The molecule has 1 spiro atoms. The van der Waals surface area contributed by atoms with Crippen LogP contribution in [0, 0.1) is 6.92 Å². The first-order valence-electron chi connectivity index (χ1n) is 8.38. The highest BCUT2D eigenvalue weighted by atomic mass is 32.2. The summed E-state index contributed by atoms with van der Waals surface area (Å²) in [6.07, 6.45) is 4.40. The van der Waals surface area contributed by atoms with Gasteiger partial charge in [-0.3, -0.25) is 9.78 Å². The number of likely N-dealkylation sites (tertiary alicyclic amines) is 1. The number of nitrogens with zero attached hydrogens (tertiary/aromatic N) is 4. The Morgan fingerprint density at radius 2 is 2.12 bits per heavy atom. The number of ether oxygens (including phenoxy) is 1. The van der Waals surface area contributed by atoms with Crippen molar-refractivity contribution < 1.29 is 9.53 Å². The third-order valence-corrected chi connectivity index (χ3v) is 6.17. The lowest BCUT2D eigenvalue weighted by Gasteiger charge is -2.47. The topological polar surface area (TPSA) is 68.2 Å². The molecular formula is C18H20N4O2S. The molecule has 6 nitrogen and oxygen atoms in total. The Hall–Kier alpha value is -1.99. The lowest BCUT2D eigenvalue weighted by molar-refractivity contribution is 0.0240. The maximum Gasteiger partial charge on any atom is 0.291 e. The Bertz CT molecular complexity index is 765. The second kappa shape index (κ2) is 6.72. The second-order valence-electron chi connectivity index (χ2n) is 6.64. The number of aryl methyl sites for hydroxylation is 1. The minimum absolute atomic E-state index is 0.0832. The van der Waals surface area contributed by atoms with Gasteiger partial charge in [-0.15, -0.1) is 11.8 Å². The maximum atomic E-state index is 12.3. The highest BCUT2D eigenvalue weighted by Crippen LogP contribution is 2.46. The van der Waals surface area contributed by atoms with Gasteiger partial charge in [0.2, 0.25) is 5.82 Å². The molecule has 7 heteroatoms. The molecule has 1 amide bonds. The fraction of sp³-hybridized carbons (Fsp3) is 0.444. The molecule has 2 fully saturated rings. The summed E-state index contributed by atoms with van der Waals surface area (Å²) in [6.45, 7) is 4.03. The normalized spacial score (nSPS) is 21.3. The van der Waals surface area contributed by atoms with Crippen LogP contribution < -0.4 is 0 Å². The highest BCUT2D eigenvalue weighted by molar-refractivity contribution is 8.01. The zero-order chi connectivity index (χ0) is 17.3. The number of thioether (sulfide) groups is 1. The van der Waals surface area contributed by atoms with E-state index in [2.05, 4.69) is 15.0 Å². The van der Waals surface area contributed by atoms with Gasteiger partial charge in [0, 0.05) is 36.9 Å². The van der Waals surface area contributed by atoms with E-state index < -0.39 is 0 Å². The number of hydrogen-bond acceptors (Lipinski definition) is 6. The molecule has 2 aliphatic rings. The molecule has 0 aliphatic carbocycles. The fourth-order valence-electron chi connectivity index (χ4n) is 3.36. The molecule has 2 aromatic heterocycles. The molecule has 130 valence electrons. The van der Waals surface area contributed by atoms with Gasteiger partial charge in [0.05, 0.1) is 23.2 Å². The summed E-state index contributed by atoms with van der Waals surface area (Å²) in [5.41, 5.74) is 1.98. The van der Waals surface area contributed by atoms with E-state index in [1.54, 1.807) is 18.5 Å². The van der Waals surface area contributed by atoms with Gasteiger partial charge in [0.25, 0.3) is 5.91 Å². The lowest BCUT2D eigenvalue weighted by atomic mass is 9.93. The minimum Gasteiger partial charge on any atom is -0.371 e. The molecule has 0 N–H and O–H groups in total. The average molecular weight is 356 g/mol. The number of rotatable bonds is 4. The van der Waals surface area contributed by atoms with Crippen LogP contribution >= 0.6 is 11.8 Å². The molecule has 0 bridgehead atoms. The Morgan fingerprint density at radius 3 is 2.88 bits per heavy atom. The van der Waals surface area contributed by atoms with Crippen LogP contribution in [0.3, 0.4) is 0 Å². The first-order chi connectivity index (χ1) is 12.1. The molecular weight excluding hydrogens is 336 g/mol. The number of pyridine rings is 1. The number of carbonyl (C=O) groups excluding carboxylic acids is 1. The smallest absolute Gasteiger partial charge is 0.291 e. The number of hydrogen-bond donors (Lipinski definition) is 0. The van der Waals surface area contributed by atoms with Gasteiger partial charge in [-0.2, -0.15) is 0 Å². The molecule has 2 saturated heterocycles. The Balaban J connectivity index is 1.28. The van der Waals surface area contributed by atoms with Gasteiger partial charge in [-0.25, -0.2) is 9.97 Å². The van der Waals surface area contributed by atoms with E-state index in [9.17, 15) is 4.79 Å². The number of carbonyl (C=O) groups is 1. The first-order valence-corrected chi connectivity index (χ1v) is 9.37. The van der Waals surface area contributed by atoms with Crippen molar-refractivity contribution in [1.29, 1.82) is 0 Å². The predicted molar refractivity (Wildman–Crippen MR) is 95.3 cm³/mol. The van der Waals surface area contributed by atoms with Crippen molar-refractivity contribution in [1.82, 2.24) is 19.9 Å². The summed E-state index contributed by atoms with van der Waals surface area (Å²) < 4.78 is 6.18. The van der Waals surface area contributed by atoms with Crippen molar-refractivity contribution in [3.63, 3.8) is 0 Å². The Morgan fingerprint density at radius 1 is 1.32 bits per heavy atom. The summed E-state index contributed by atoms with van der Waals surface area (Å²) in [5, 5.41) is 0. The summed E-state index contributed by atoms with van der Waals surface area (Å²) in [4.78, 5) is 26.7. The van der Waals surface area contributed by atoms with Crippen LogP contribution in [-0.2, 0) is 11.3 Å². The third-order valence-electron chi connectivity index (χ3n) is 4.59. The molecule has 4 rings (SSSR count). The van der Waals surface area contributed by atoms with Gasteiger partial charge in [0.1, 0.15) is 0 Å². The first kappa shape index (κ1) is 16.5. The minimum atomic E-state index is -0.0832. The third kappa shape index (κ3) is 3.52. The molecule has 25 heavy (non-hydrogen) atoms. The summed E-state index contributed by atoms with van der Waals surface area (Å²) in [5.74, 6) is 1.16. The summed E-state index contributed by atoms with van der Waals surface area (Å²) >= 11 is 1.91. The van der Waals surface area contributed by atoms with Crippen molar-refractivity contribution in [2.45, 2.75) is 30.8 Å². The highest BCUT2D eigenvalue weighted by Gasteiger charge is 2.51. The Kier molecular flexibility index (Phi) is 4.43. The van der Waals surface area contributed by atoms with E-state index in [1.165, 1.54) is 0 Å². The van der Waals surface area contributed by atoms with Gasteiger partial charge < -0.3 is 9.64 Å². The predicted octanol–water partition coefficient (Wildman–Crippen LogP) is 2.10. The largest absolute Gasteiger partial charge is 0.371 e. The molecule has 4 heterocycles. The van der Waals surface area contributed by atoms with E-state index in [4.69, 9.17) is 4.74 Å². The van der Waals surface area contributed by atoms with E-state index >= 15 is 0 Å². The van der Waals surface area contributed by atoms with Crippen LogP contribution in [0.15, 0.2) is 36.7 Å². The summed E-state index contributed by atoms with van der Waals surface area (Å²) in [6, 6.07) is 7.70. The van der Waals surface area contributed by atoms with Crippen LogP contribution in [0.25, 0.3) is 0 Å². The number of aromatic nitrogens is 3. The zero-order valence-corrected chi connectivity index (χ0v) is 14.9. The standard InChI is InChI=1S/C18H20N4O2S/c1-13-4-2-5-14(21-13)9-24-15-8-18(25-10-15)11-22(12-18)17(23)16-19-6-3-7-20-16/h2-7,15H,8-12H2,1H3/t15-/m0/s1. The van der Waals surface area contributed by atoms with E-state index in [0.717, 1.165) is 36.7 Å². The zero-order valence-electron chi connectivity index (χ0n) is 14.1. The van der Waals surface area contributed by atoms with Crippen molar-refractivity contribution >= 4 is 17.7 Å². The van der Waals surface area contributed by atoms with Gasteiger partial charge in [-0.1, -0.05) is 6.07 Å². The monoisotopic (exact) mass is 356 g/mol.